The molecule has 1 heterocycles. The van der Waals surface area contributed by atoms with Crippen LogP contribution in [0.1, 0.15) is 103 Å². The Morgan fingerprint density at radius 3 is 1.47 bits per heavy atom. The van der Waals surface area contributed by atoms with Crippen molar-refractivity contribution in [1.29, 1.82) is 0 Å². The van der Waals surface area contributed by atoms with Gasteiger partial charge in [0.2, 0.25) is 0 Å². The van der Waals surface area contributed by atoms with Crippen molar-refractivity contribution in [1.82, 2.24) is 0 Å². The summed E-state index contributed by atoms with van der Waals surface area (Å²) in [6.45, 7) is 3.95. The van der Waals surface area contributed by atoms with Crippen molar-refractivity contribution >= 4 is 0 Å². The van der Waals surface area contributed by atoms with Crippen LogP contribution in [-0.2, 0) is 9.47 Å². The molecule has 0 aromatic heterocycles. The average molecular weight is 453 g/mol. The van der Waals surface area contributed by atoms with Crippen molar-refractivity contribution < 1.29 is 18.3 Å². The SMILES string of the molecule is CCC1OCC(C2CCC(C3CCC(C4CCC(CCC=C(F)F)CC4)CC3)CC2)CO1. The normalized spacial score (nSPS) is 41.2. The summed E-state index contributed by atoms with van der Waals surface area (Å²) in [5.74, 6) is 5.89. The molecule has 0 aromatic carbocycles. The number of rotatable bonds is 7. The summed E-state index contributed by atoms with van der Waals surface area (Å²) in [5.41, 5.74) is 0. The lowest BCUT2D eigenvalue weighted by atomic mass is 9.64. The third-order valence-corrected chi connectivity index (χ3v) is 9.72. The fraction of sp³-hybridized carbons (Fsp3) is 0.929. The van der Waals surface area contributed by atoms with Gasteiger partial charge in [0.1, 0.15) is 0 Å². The minimum absolute atomic E-state index is 0.0379. The molecule has 0 amide bonds. The van der Waals surface area contributed by atoms with Crippen LogP contribution in [0.15, 0.2) is 12.2 Å². The van der Waals surface area contributed by atoms with E-state index in [9.17, 15) is 8.78 Å². The Labute approximate surface area is 194 Å². The highest BCUT2D eigenvalue weighted by Gasteiger charge is 2.36. The highest BCUT2D eigenvalue weighted by atomic mass is 19.3. The van der Waals surface area contributed by atoms with E-state index in [-0.39, 0.29) is 6.29 Å². The van der Waals surface area contributed by atoms with E-state index >= 15 is 0 Å². The Kier molecular flexibility index (Phi) is 9.46. The smallest absolute Gasteiger partial charge is 0.266 e. The third kappa shape index (κ3) is 6.78. The number of ether oxygens (including phenoxy) is 2. The van der Waals surface area contributed by atoms with Gasteiger partial charge in [0, 0.05) is 5.92 Å². The molecule has 0 aromatic rings. The predicted molar refractivity (Wildman–Crippen MR) is 125 cm³/mol. The van der Waals surface area contributed by atoms with Gasteiger partial charge in [0.05, 0.1) is 13.2 Å². The molecule has 1 aliphatic heterocycles. The number of allylic oxidation sites excluding steroid dienone is 1. The maximum absolute atomic E-state index is 12.2. The fourth-order valence-corrected chi connectivity index (χ4v) is 7.62. The quantitative estimate of drug-likeness (QED) is 0.386. The van der Waals surface area contributed by atoms with Crippen molar-refractivity contribution in [3.05, 3.63) is 12.2 Å². The summed E-state index contributed by atoms with van der Waals surface area (Å²) >= 11 is 0. The van der Waals surface area contributed by atoms with Crippen molar-refractivity contribution in [2.75, 3.05) is 13.2 Å². The van der Waals surface area contributed by atoms with Crippen LogP contribution in [-0.4, -0.2) is 19.5 Å². The van der Waals surface area contributed by atoms with Gasteiger partial charge in [-0.25, -0.2) is 0 Å². The largest absolute Gasteiger partial charge is 0.352 e. The molecule has 32 heavy (non-hydrogen) atoms. The Balaban J connectivity index is 1.11. The van der Waals surface area contributed by atoms with Gasteiger partial charge in [-0.1, -0.05) is 19.8 Å². The molecule has 2 nitrogen and oxygen atoms in total. The van der Waals surface area contributed by atoms with Crippen LogP contribution in [0.25, 0.3) is 0 Å². The van der Waals surface area contributed by atoms with Gasteiger partial charge in [-0.15, -0.1) is 0 Å². The molecule has 0 N–H and O–H groups in total. The van der Waals surface area contributed by atoms with E-state index in [2.05, 4.69) is 6.92 Å². The Morgan fingerprint density at radius 2 is 1.06 bits per heavy atom. The summed E-state index contributed by atoms with van der Waals surface area (Å²) in [5, 5.41) is 0. The van der Waals surface area contributed by atoms with Crippen LogP contribution < -0.4 is 0 Å². The zero-order chi connectivity index (χ0) is 22.3. The van der Waals surface area contributed by atoms with Gasteiger partial charge in [-0.05, 0) is 125 Å². The topological polar surface area (TPSA) is 18.5 Å². The number of hydrogen-bond acceptors (Lipinski definition) is 2. The van der Waals surface area contributed by atoms with Gasteiger partial charge in [0.15, 0.2) is 6.29 Å². The van der Waals surface area contributed by atoms with Crippen LogP contribution in [0.2, 0.25) is 0 Å². The minimum Gasteiger partial charge on any atom is -0.352 e. The van der Waals surface area contributed by atoms with E-state index in [1.54, 1.807) is 0 Å². The predicted octanol–water partition coefficient (Wildman–Crippen LogP) is 8.37. The molecule has 0 spiro atoms. The van der Waals surface area contributed by atoms with Gasteiger partial charge >= 0.3 is 0 Å². The Morgan fingerprint density at radius 1 is 0.656 bits per heavy atom. The Hall–Kier alpha value is -0.480. The van der Waals surface area contributed by atoms with Gasteiger partial charge < -0.3 is 9.47 Å². The number of hydrogen-bond donors (Lipinski definition) is 0. The summed E-state index contributed by atoms with van der Waals surface area (Å²) in [6.07, 6.45) is 18.7. The van der Waals surface area contributed by atoms with E-state index in [1.807, 2.05) is 0 Å². The summed E-state index contributed by atoms with van der Waals surface area (Å²) in [6, 6.07) is 0. The van der Waals surface area contributed by atoms with E-state index in [4.69, 9.17) is 9.47 Å². The molecular weight excluding hydrogens is 406 g/mol. The summed E-state index contributed by atoms with van der Waals surface area (Å²) in [7, 11) is 0. The lowest BCUT2D eigenvalue weighted by molar-refractivity contribution is -0.210. The summed E-state index contributed by atoms with van der Waals surface area (Å²) < 4.78 is 36.3. The van der Waals surface area contributed by atoms with Gasteiger partial charge in [-0.2, -0.15) is 8.78 Å². The van der Waals surface area contributed by atoms with Crippen LogP contribution in [0, 0.1) is 41.4 Å². The molecule has 3 aliphatic carbocycles. The zero-order valence-electron chi connectivity index (χ0n) is 20.3. The first-order valence-corrected chi connectivity index (χ1v) is 13.9. The molecule has 0 atom stereocenters. The highest BCUT2D eigenvalue weighted by molar-refractivity contribution is 4.88. The lowest BCUT2D eigenvalue weighted by Crippen LogP contribution is -2.38. The fourth-order valence-electron chi connectivity index (χ4n) is 7.62. The first kappa shape index (κ1) is 24.6. The molecule has 4 aliphatic rings. The maximum Gasteiger partial charge on any atom is 0.266 e. The zero-order valence-corrected chi connectivity index (χ0v) is 20.3. The van der Waals surface area contributed by atoms with Crippen LogP contribution in [0.3, 0.4) is 0 Å². The summed E-state index contributed by atoms with van der Waals surface area (Å²) in [4.78, 5) is 0. The van der Waals surface area contributed by atoms with Crippen LogP contribution in [0.5, 0.6) is 0 Å². The monoisotopic (exact) mass is 452 g/mol. The molecule has 1 saturated heterocycles. The van der Waals surface area contributed by atoms with Crippen molar-refractivity contribution in [3.8, 4) is 0 Å². The molecule has 0 radical (unpaired) electrons. The first-order valence-electron chi connectivity index (χ1n) is 13.9. The maximum atomic E-state index is 12.2. The van der Waals surface area contributed by atoms with Crippen molar-refractivity contribution in [2.45, 2.75) is 110 Å². The van der Waals surface area contributed by atoms with Gasteiger partial charge in [-0.3, -0.25) is 0 Å². The van der Waals surface area contributed by atoms with Gasteiger partial charge in [0.25, 0.3) is 6.08 Å². The van der Waals surface area contributed by atoms with E-state index in [0.717, 1.165) is 61.7 Å². The Bertz CT molecular complexity index is 558. The van der Waals surface area contributed by atoms with Crippen molar-refractivity contribution in [2.24, 2.45) is 41.4 Å². The third-order valence-electron chi connectivity index (χ3n) is 9.72. The molecule has 0 bridgehead atoms. The van der Waals surface area contributed by atoms with Crippen molar-refractivity contribution in [3.63, 3.8) is 0 Å². The number of halogens is 2. The van der Waals surface area contributed by atoms with E-state index in [0.29, 0.717) is 18.3 Å². The van der Waals surface area contributed by atoms with Crippen LogP contribution >= 0.6 is 0 Å². The molecule has 4 fully saturated rings. The second-order valence-corrected chi connectivity index (χ2v) is 11.5. The lowest BCUT2D eigenvalue weighted by Gasteiger charge is -2.43. The van der Waals surface area contributed by atoms with Crippen LogP contribution in [0.4, 0.5) is 8.78 Å². The molecule has 0 unspecified atom stereocenters. The average Bonchev–Trinajstić information content (AvgIpc) is 2.85. The van der Waals surface area contributed by atoms with E-state index < -0.39 is 6.08 Å². The second-order valence-electron chi connectivity index (χ2n) is 11.5. The standard InChI is InChI=1S/C28H46F2O2/c1-2-28-31-18-26(19-32-28)25-16-14-24(15-17-25)23-12-10-22(11-13-23)21-8-6-20(7-9-21)4-3-5-27(29)30/h5,20-26,28H,2-4,6-19H2,1H3. The van der Waals surface area contributed by atoms with E-state index in [1.165, 1.54) is 77.0 Å². The second kappa shape index (κ2) is 12.3. The molecule has 184 valence electrons. The molecule has 3 saturated carbocycles. The highest BCUT2D eigenvalue weighted by Crippen LogP contribution is 2.47. The molecule has 4 rings (SSSR count). The minimum atomic E-state index is -1.51. The molecular formula is C28H46F2O2. The first-order chi connectivity index (χ1) is 15.6. The molecule has 4 heteroatoms.